The van der Waals surface area contributed by atoms with Gasteiger partial charge in [0.25, 0.3) is 0 Å². The van der Waals surface area contributed by atoms with E-state index < -0.39 is 0 Å². The van der Waals surface area contributed by atoms with E-state index in [4.69, 9.17) is 4.74 Å². The predicted octanol–water partition coefficient (Wildman–Crippen LogP) is 2.50. The summed E-state index contributed by atoms with van der Waals surface area (Å²) in [7, 11) is 1.83. The van der Waals surface area contributed by atoms with Gasteiger partial charge in [-0.15, -0.1) is 11.3 Å². The molecule has 160 valence electrons. The number of thiophene rings is 1. The first kappa shape index (κ1) is 21.8. The summed E-state index contributed by atoms with van der Waals surface area (Å²) >= 11 is 1.88. The highest BCUT2D eigenvalue weighted by Crippen LogP contribution is 2.27. The number of aromatic nitrogens is 2. The Morgan fingerprint density at radius 2 is 2.03 bits per heavy atom. The molecule has 1 saturated heterocycles. The monoisotopic (exact) mass is 418 g/mol. The third-order valence-corrected chi connectivity index (χ3v) is 6.31. The molecule has 3 heterocycles. The molecule has 1 aliphatic heterocycles. The normalized spacial score (nSPS) is 16.8. The highest BCUT2D eigenvalue weighted by molar-refractivity contribution is 7.12. The Labute approximate surface area is 178 Å². The molecule has 7 nitrogen and oxygen atoms in total. The van der Waals surface area contributed by atoms with E-state index in [1.165, 1.54) is 15.4 Å². The van der Waals surface area contributed by atoms with Gasteiger partial charge in [0.1, 0.15) is 0 Å². The average Bonchev–Trinajstić information content (AvgIpc) is 3.29. The lowest BCUT2D eigenvalue weighted by Gasteiger charge is -2.34. The summed E-state index contributed by atoms with van der Waals surface area (Å²) in [6.07, 6.45) is 1.000. The van der Waals surface area contributed by atoms with E-state index in [0.29, 0.717) is 6.04 Å². The van der Waals surface area contributed by atoms with E-state index in [9.17, 15) is 0 Å². The molecule has 2 N–H and O–H groups in total. The summed E-state index contributed by atoms with van der Waals surface area (Å²) in [5, 5.41) is 11.5. The smallest absolute Gasteiger partial charge is 0.191 e. The maximum atomic E-state index is 5.55. The van der Waals surface area contributed by atoms with Crippen molar-refractivity contribution in [1.29, 1.82) is 0 Å². The molecule has 0 saturated carbocycles. The van der Waals surface area contributed by atoms with Gasteiger partial charge in [-0.3, -0.25) is 14.6 Å². The quantitative estimate of drug-likeness (QED) is 0.392. The Morgan fingerprint density at radius 1 is 1.24 bits per heavy atom. The summed E-state index contributed by atoms with van der Waals surface area (Å²) in [5.41, 5.74) is 2.29. The summed E-state index contributed by atoms with van der Waals surface area (Å²) in [5.74, 6) is 0.852. The van der Waals surface area contributed by atoms with Crippen molar-refractivity contribution in [2.24, 2.45) is 4.99 Å². The van der Waals surface area contributed by atoms with Crippen molar-refractivity contribution in [3.05, 3.63) is 39.3 Å². The SMILES string of the molecule is CN=C(NCCCn1nc(C)cc1C)NCC(c1ccc(C)s1)N1CCOCC1. The number of aliphatic imine (C=N–C) groups is 1. The number of hydrogen-bond acceptors (Lipinski definition) is 5. The van der Waals surface area contributed by atoms with Gasteiger partial charge < -0.3 is 15.4 Å². The molecule has 0 spiro atoms. The molecular weight excluding hydrogens is 384 g/mol. The second-order valence-electron chi connectivity index (χ2n) is 7.50. The Hall–Kier alpha value is -1.90. The van der Waals surface area contributed by atoms with Crippen LogP contribution in [0.2, 0.25) is 0 Å². The highest BCUT2D eigenvalue weighted by Gasteiger charge is 2.24. The summed E-state index contributed by atoms with van der Waals surface area (Å²) < 4.78 is 7.62. The first-order valence-corrected chi connectivity index (χ1v) is 11.2. The second-order valence-corrected chi connectivity index (χ2v) is 8.82. The average molecular weight is 419 g/mol. The fraction of sp³-hybridized carbons (Fsp3) is 0.619. The van der Waals surface area contributed by atoms with Crippen molar-refractivity contribution in [1.82, 2.24) is 25.3 Å². The molecule has 0 aromatic carbocycles. The molecule has 0 amide bonds. The van der Waals surface area contributed by atoms with E-state index in [2.05, 4.69) is 62.4 Å². The van der Waals surface area contributed by atoms with E-state index in [0.717, 1.165) is 64.0 Å². The molecule has 1 aliphatic rings. The molecule has 2 aromatic heterocycles. The van der Waals surface area contributed by atoms with Gasteiger partial charge in [-0.2, -0.15) is 5.10 Å². The number of aryl methyl sites for hydroxylation is 4. The standard InChI is InChI=1S/C21H34N6OS/c1-16-14-17(2)27(25-16)9-5-8-23-21(22-4)24-15-19(20-7-6-18(3)29-20)26-10-12-28-13-11-26/h6-7,14,19H,5,8-13,15H2,1-4H3,(H2,22,23,24). The van der Waals surface area contributed by atoms with Crippen molar-refractivity contribution in [3.8, 4) is 0 Å². The Bertz CT molecular complexity index is 793. The maximum Gasteiger partial charge on any atom is 0.191 e. The van der Waals surface area contributed by atoms with Gasteiger partial charge >= 0.3 is 0 Å². The maximum absolute atomic E-state index is 5.55. The van der Waals surface area contributed by atoms with Crippen molar-refractivity contribution in [2.45, 2.75) is 39.8 Å². The van der Waals surface area contributed by atoms with Crippen molar-refractivity contribution < 1.29 is 4.74 Å². The zero-order valence-electron chi connectivity index (χ0n) is 18.1. The van der Waals surface area contributed by atoms with Crippen LogP contribution in [-0.4, -0.2) is 67.1 Å². The number of ether oxygens (including phenoxy) is 1. The molecule has 0 radical (unpaired) electrons. The summed E-state index contributed by atoms with van der Waals surface area (Å²) in [6, 6.07) is 6.92. The first-order valence-electron chi connectivity index (χ1n) is 10.4. The third-order valence-electron chi connectivity index (χ3n) is 5.20. The van der Waals surface area contributed by atoms with Crippen LogP contribution < -0.4 is 10.6 Å². The minimum Gasteiger partial charge on any atom is -0.379 e. The van der Waals surface area contributed by atoms with Crippen LogP contribution in [0.5, 0.6) is 0 Å². The molecule has 1 fully saturated rings. The minimum absolute atomic E-state index is 0.339. The zero-order valence-corrected chi connectivity index (χ0v) is 18.9. The van der Waals surface area contributed by atoms with Crippen LogP contribution in [0.3, 0.4) is 0 Å². The van der Waals surface area contributed by atoms with Crippen LogP contribution in [0.25, 0.3) is 0 Å². The molecule has 0 aliphatic carbocycles. The molecule has 3 rings (SSSR count). The zero-order chi connectivity index (χ0) is 20.6. The molecule has 2 aromatic rings. The number of guanidine groups is 1. The van der Waals surface area contributed by atoms with Crippen molar-refractivity contribution >= 4 is 17.3 Å². The lowest BCUT2D eigenvalue weighted by atomic mass is 10.2. The number of morpholine rings is 1. The third kappa shape index (κ3) is 6.29. The lowest BCUT2D eigenvalue weighted by Crippen LogP contribution is -2.46. The topological polar surface area (TPSA) is 66.7 Å². The van der Waals surface area contributed by atoms with E-state index in [-0.39, 0.29) is 0 Å². The van der Waals surface area contributed by atoms with E-state index >= 15 is 0 Å². The molecule has 8 heteroatoms. The van der Waals surface area contributed by atoms with E-state index in [1.54, 1.807) is 0 Å². The fourth-order valence-corrected chi connectivity index (χ4v) is 4.69. The Kier molecular flexibility index (Phi) is 8.09. The van der Waals surface area contributed by atoms with Gasteiger partial charge in [0.05, 0.1) is 24.9 Å². The largest absolute Gasteiger partial charge is 0.379 e. The van der Waals surface area contributed by atoms with Gasteiger partial charge in [-0.25, -0.2) is 0 Å². The van der Waals surface area contributed by atoms with Crippen LogP contribution in [0.4, 0.5) is 0 Å². The minimum atomic E-state index is 0.339. The van der Waals surface area contributed by atoms with Crippen LogP contribution in [0, 0.1) is 20.8 Å². The van der Waals surface area contributed by atoms with Crippen LogP contribution in [0.1, 0.15) is 33.6 Å². The fourth-order valence-electron chi connectivity index (χ4n) is 3.68. The van der Waals surface area contributed by atoms with Crippen molar-refractivity contribution in [3.63, 3.8) is 0 Å². The van der Waals surface area contributed by atoms with Crippen molar-refractivity contribution in [2.75, 3.05) is 46.4 Å². The molecular formula is C21H34N6OS. The van der Waals surface area contributed by atoms with Crippen LogP contribution in [0.15, 0.2) is 23.2 Å². The molecule has 1 unspecified atom stereocenters. The lowest BCUT2D eigenvalue weighted by molar-refractivity contribution is 0.0177. The Balaban J connectivity index is 1.49. The molecule has 29 heavy (non-hydrogen) atoms. The number of hydrogen-bond donors (Lipinski definition) is 2. The highest BCUT2D eigenvalue weighted by atomic mass is 32.1. The molecule has 1 atom stereocenters. The number of rotatable bonds is 8. The second kappa shape index (κ2) is 10.8. The van der Waals surface area contributed by atoms with Gasteiger partial charge in [0.15, 0.2) is 5.96 Å². The van der Waals surface area contributed by atoms with Gasteiger partial charge in [0.2, 0.25) is 0 Å². The predicted molar refractivity (Wildman–Crippen MR) is 120 cm³/mol. The molecule has 0 bridgehead atoms. The first-order chi connectivity index (χ1) is 14.1. The van der Waals surface area contributed by atoms with Gasteiger partial charge in [0, 0.05) is 55.2 Å². The van der Waals surface area contributed by atoms with Crippen LogP contribution >= 0.6 is 11.3 Å². The number of nitrogens with one attached hydrogen (secondary N) is 2. The number of nitrogens with zero attached hydrogens (tertiary/aromatic N) is 4. The summed E-state index contributed by atoms with van der Waals surface area (Å²) in [6.45, 7) is 12.5. The Morgan fingerprint density at radius 3 is 2.66 bits per heavy atom. The van der Waals surface area contributed by atoms with Gasteiger partial charge in [-0.05, 0) is 45.4 Å². The van der Waals surface area contributed by atoms with E-state index in [1.807, 2.05) is 25.3 Å². The van der Waals surface area contributed by atoms with Crippen LogP contribution in [-0.2, 0) is 11.3 Å². The summed E-state index contributed by atoms with van der Waals surface area (Å²) in [4.78, 5) is 9.67. The van der Waals surface area contributed by atoms with Gasteiger partial charge in [-0.1, -0.05) is 0 Å².